The lowest BCUT2D eigenvalue weighted by Gasteiger charge is -2.25. The first-order valence-electron chi connectivity index (χ1n) is 8.21. The van der Waals surface area contributed by atoms with E-state index in [1.165, 1.54) is 16.9 Å². The van der Waals surface area contributed by atoms with Crippen molar-refractivity contribution >= 4 is 28.3 Å². The standard InChI is InChI=1S/C18H21N3O2S/c1-12(20-17(23)14-8-5-9-14)16(22)21-18-19-11-15(24-18)10-13-6-3-2-4-7-13/h2-4,6-7,11-12,14H,5,8-10H2,1H3,(H,20,23)(H,19,21,22)/t12-/m1/s1. The summed E-state index contributed by atoms with van der Waals surface area (Å²) in [4.78, 5) is 29.4. The SMILES string of the molecule is C[C@@H](NC(=O)C1CCC1)C(=O)Nc1ncc(Cc2ccccc2)s1. The lowest BCUT2D eigenvalue weighted by Crippen LogP contribution is -2.45. The number of carbonyl (C=O) groups is 2. The molecule has 1 aliphatic carbocycles. The van der Waals surface area contributed by atoms with Crippen molar-refractivity contribution in [3.63, 3.8) is 0 Å². The van der Waals surface area contributed by atoms with Gasteiger partial charge in [0.1, 0.15) is 6.04 Å². The zero-order valence-corrected chi connectivity index (χ0v) is 14.4. The molecule has 5 nitrogen and oxygen atoms in total. The fourth-order valence-corrected chi connectivity index (χ4v) is 3.37. The molecule has 0 aliphatic heterocycles. The highest BCUT2D eigenvalue weighted by atomic mass is 32.1. The van der Waals surface area contributed by atoms with Crippen LogP contribution >= 0.6 is 11.3 Å². The molecule has 6 heteroatoms. The topological polar surface area (TPSA) is 71.1 Å². The average Bonchev–Trinajstić information content (AvgIpc) is 2.93. The molecule has 1 saturated carbocycles. The summed E-state index contributed by atoms with van der Waals surface area (Å²) in [6.45, 7) is 1.70. The van der Waals surface area contributed by atoms with Gasteiger partial charge >= 0.3 is 0 Å². The van der Waals surface area contributed by atoms with Crippen molar-refractivity contribution in [2.24, 2.45) is 5.92 Å². The Bertz CT molecular complexity index is 710. The van der Waals surface area contributed by atoms with Crippen LogP contribution in [0.3, 0.4) is 0 Å². The fraction of sp³-hybridized carbons (Fsp3) is 0.389. The summed E-state index contributed by atoms with van der Waals surface area (Å²) in [6.07, 6.45) is 5.53. The summed E-state index contributed by atoms with van der Waals surface area (Å²) in [5.74, 6) is -0.173. The predicted octanol–water partition coefficient (Wildman–Crippen LogP) is 2.98. The van der Waals surface area contributed by atoms with Crippen LogP contribution in [0.2, 0.25) is 0 Å². The van der Waals surface area contributed by atoms with E-state index in [0.29, 0.717) is 5.13 Å². The molecule has 0 radical (unpaired) electrons. The van der Waals surface area contributed by atoms with Gasteiger partial charge in [-0.2, -0.15) is 0 Å². The first-order valence-corrected chi connectivity index (χ1v) is 9.03. The Kier molecular flexibility index (Phi) is 5.25. The monoisotopic (exact) mass is 343 g/mol. The number of nitrogens with one attached hydrogen (secondary N) is 2. The van der Waals surface area contributed by atoms with Crippen molar-refractivity contribution in [1.29, 1.82) is 0 Å². The van der Waals surface area contributed by atoms with Gasteiger partial charge in [0.15, 0.2) is 5.13 Å². The minimum absolute atomic E-state index is 0.0206. The normalized spacial score (nSPS) is 15.4. The number of rotatable bonds is 6. The van der Waals surface area contributed by atoms with Gasteiger partial charge in [0, 0.05) is 23.4 Å². The number of carbonyl (C=O) groups excluding carboxylic acids is 2. The number of aromatic nitrogens is 1. The number of thiazole rings is 1. The molecule has 2 N–H and O–H groups in total. The summed E-state index contributed by atoms with van der Waals surface area (Å²) < 4.78 is 0. The number of amides is 2. The Labute approximate surface area is 145 Å². The van der Waals surface area contributed by atoms with Crippen molar-refractivity contribution in [2.45, 2.75) is 38.6 Å². The maximum absolute atomic E-state index is 12.2. The highest BCUT2D eigenvalue weighted by Gasteiger charge is 2.27. The van der Waals surface area contributed by atoms with Crippen LogP contribution in [0.25, 0.3) is 0 Å². The molecule has 1 heterocycles. The summed E-state index contributed by atoms with van der Waals surface area (Å²) in [6, 6.07) is 9.57. The highest BCUT2D eigenvalue weighted by Crippen LogP contribution is 2.26. The minimum atomic E-state index is -0.556. The molecular weight excluding hydrogens is 322 g/mol. The van der Waals surface area contributed by atoms with Crippen LogP contribution in [0.1, 0.15) is 36.6 Å². The number of hydrogen-bond donors (Lipinski definition) is 2. The molecule has 2 amide bonds. The third kappa shape index (κ3) is 4.20. The second kappa shape index (κ2) is 7.57. The van der Waals surface area contributed by atoms with E-state index in [4.69, 9.17) is 0 Å². The molecule has 2 aromatic rings. The number of anilines is 1. The van der Waals surface area contributed by atoms with Gasteiger partial charge in [0.05, 0.1) is 0 Å². The van der Waals surface area contributed by atoms with Crippen molar-refractivity contribution < 1.29 is 9.59 Å². The van der Waals surface area contributed by atoms with Gasteiger partial charge in [-0.1, -0.05) is 36.8 Å². The summed E-state index contributed by atoms with van der Waals surface area (Å²) in [7, 11) is 0. The van der Waals surface area contributed by atoms with E-state index in [1.807, 2.05) is 18.2 Å². The smallest absolute Gasteiger partial charge is 0.248 e. The van der Waals surface area contributed by atoms with Gasteiger partial charge in [0.2, 0.25) is 11.8 Å². The zero-order valence-electron chi connectivity index (χ0n) is 13.6. The molecule has 126 valence electrons. The van der Waals surface area contributed by atoms with Gasteiger partial charge < -0.3 is 10.6 Å². The Hall–Kier alpha value is -2.21. The van der Waals surface area contributed by atoms with E-state index in [2.05, 4.69) is 27.8 Å². The van der Waals surface area contributed by atoms with Crippen LogP contribution in [-0.2, 0) is 16.0 Å². The Balaban J connectivity index is 1.51. The molecule has 3 rings (SSSR count). The number of nitrogens with zero attached hydrogens (tertiary/aromatic N) is 1. The first-order chi connectivity index (χ1) is 11.6. The third-order valence-corrected chi connectivity index (χ3v) is 5.15. The molecule has 0 saturated heterocycles. The Morgan fingerprint density at radius 2 is 2.04 bits per heavy atom. The van der Waals surface area contributed by atoms with E-state index in [0.717, 1.165) is 30.6 Å². The van der Waals surface area contributed by atoms with Crippen LogP contribution in [0, 0.1) is 5.92 Å². The molecule has 1 atom stereocenters. The van der Waals surface area contributed by atoms with E-state index < -0.39 is 6.04 Å². The van der Waals surface area contributed by atoms with Crippen molar-refractivity contribution in [3.8, 4) is 0 Å². The molecule has 1 fully saturated rings. The molecule has 0 bridgehead atoms. The largest absolute Gasteiger partial charge is 0.344 e. The van der Waals surface area contributed by atoms with Crippen LogP contribution < -0.4 is 10.6 Å². The number of benzene rings is 1. The van der Waals surface area contributed by atoms with Gasteiger partial charge in [-0.25, -0.2) is 4.98 Å². The molecule has 24 heavy (non-hydrogen) atoms. The molecule has 1 aromatic carbocycles. The highest BCUT2D eigenvalue weighted by molar-refractivity contribution is 7.15. The molecule has 1 aromatic heterocycles. The third-order valence-electron chi connectivity index (χ3n) is 4.23. The van der Waals surface area contributed by atoms with Crippen LogP contribution in [0.4, 0.5) is 5.13 Å². The fourth-order valence-electron chi connectivity index (χ4n) is 2.52. The van der Waals surface area contributed by atoms with Crippen molar-refractivity contribution in [3.05, 3.63) is 47.0 Å². The van der Waals surface area contributed by atoms with E-state index in [-0.39, 0.29) is 17.7 Å². The molecular formula is C18H21N3O2S. The van der Waals surface area contributed by atoms with Crippen LogP contribution in [-0.4, -0.2) is 22.8 Å². The quantitative estimate of drug-likeness (QED) is 0.847. The minimum Gasteiger partial charge on any atom is -0.344 e. The lowest BCUT2D eigenvalue weighted by molar-refractivity contribution is -0.130. The summed E-state index contributed by atoms with van der Waals surface area (Å²) in [5, 5.41) is 6.12. The van der Waals surface area contributed by atoms with Crippen molar-refractivity contribution in [2.75, 3.05) is 5.32 Å². The molecule has 1 aliphatic rings. The van der Waals surface area contributed by atoms with E-state index in [9.17, 15) is 9.59 Å². The van der Waals surface area contributed by atoms with Crippen molar-refractivity contribution in [1.82, 2.24) is 10.3 Å². The van der Waals surface area contributed by atoms with Gasteiger partial charge in [-0.15, -0.1) is 11.3 Å². The van der Waals surface area contributed by atoms with Crippen LogP contribution in [0.5, 0.6) is 0 Å². The maximum atomic E-state index is 12.2. The Morgan fingerprint density at radius 3 is 2.71 bits per heavy atom. The van der Waals surface area contributed by atoms with Gasteiger partial charge in [-0.05, 0) is 25.3 Å². The van der Waals surface area contributed by atoms with Crippen LogP contribution in [0.15, 0.2) is 36.5 Å². The van der Waals surface area contributed by atoms with Gasteiger partial charge in [0.25, 0.3) is 0 Å². The van der Waals surface area contributed by atoms with Gasteiger partial charge in [-0.3, -0.25) is 9.59 Å². The Morgan fingerprint density at radius 1 is 1.29 bits per heavy atom. The summed E-state index contributed by atoms with van der Waals surface area (Å²) >= 11 is 1.46. The number of hydrogen-bond acceptors (Lipinski definition) is 4. The predicted molar refractivity (Wildman–Crippen MR) is 94.9 cm³/mol. The first kappa shape index (κ1) is 16.6. The lowest BCUT2D eigenvalue weighted by atomic mass is 9.84. The average molecular weight is 343 g/mol. The molecule has 0 unspecified atom stereocenters. The summed E-state index contributed by atoms with van der Waals surface area (Å²) in [5.41, 5.74) is 1.21. The second-order valence-corrected chi connectivity index (χ2v) is 7.26. The van der Waals surface area contributed by atoms with E-state index >= 15 is 0 Å². The van der Waals surface area contributed by atoms with E-state index in [1.54, 1.807) is 13.1 Å². The zero-order chi connectivity index (χ0) is 16.9. The second-order valence-electron chi connectivity index (χ2n) is 6.14. The maximum Gasteiger partial charge on any atom is 0.248 e. The molecule has 0 spiro atoms.